The normalized spacial score (nSPS) is 10.7. The van der Waals surface area contributed by atoms with Crippen LogP contribution < -0.4 is 10.6 Å². The molecule has 0 aliphatic carbocycles. The van der Waals surface area contributed by atoms with E-state index in [1.807, 2.05) is 36.4 Å². The topological polar surface area (TPSA) is 49.8 Å². The van der Waals surface area contributed by atoms with Crippen molar-refractivity contribution >= 4 is 11.6 Å². The molecule has 2 N–H and O–H groups in total. The van der Waals surface area contributed by atoms with Crippen LogP contribution in [-0.4, -0.2) is 16.0 Å². The van der Waals surface area contributed by atoms with Crippen LogP contribution in [0.5, 0.6) is 0 Å². The van der Waals surface area contributed by atoms with Gasteiger partial charge in [0.2, 0.25) is 0 Å². The summed E-state index contributed by atoms with van der Waals surface area (Å²) in [5.41, 5.74) is 3.54. The van der Waals surface area contributed by atoms with Crippen molar-refractivity contribution in [2.45, 2.75) is 33.4 Å². The molecule has 0 spiro atoms. The van der Waals surface area contributed by atoms with Gasteiger partial charge in [-0.25, -0.2) is 9.97 Å². The van der Waals surface area contributed by atoms with E-state index < -0.39 is 0 Å². The average Bonchev–Trinajstić information content (AvgIpc) is 2.61. The SMILES string of the molecule is Cc1ccccc1CNc1cc(NC(C)C)nc(-c2ccccc2)n1. The Morgan fingerprint density at radius 2 is 1.56 bits per heavy atom. The Morgan fingerprint density at radius 3 is 2.28 bits per heavy atom. The van der Waals surface area contributed by atoms with Gasteiger partial charge in [-0.05, 0) is 31.9 Å². The Bertz CT molecular complexity index is 828. The van der Waals surface area contributed by atoms with E-state index >= 15 is 0 Å². The van der Waals surface area contributed by atoms with Gasteiger partial charge in [-0.15, -0.1) is 0 Å². The smallest absolute Gasteiger partial charge is 0.163 e. The third-order valence-corrected chi connectivity index (χ3v) is 3.92. The third-order valence-electron chi connectivity index (χ3n) is 3.92. The molecular weight excluding hydrogens is 308 g/mol. The maximum absolute atomic E-state index is 4.69. The highest BCUT2D eigenvalue weighted by atomic mass is 15.1. The van der Waals surface area contributed by atoms with Crippen molar-refractivity contribution in [3.05, 3.63) is 71.8 Å². The number of hydrogen-bond donors (Lipinski definition) is 2. The van der Waals surface area contributed by atoms with Crippen molar-refractivity contribution in [2.24, 2.45) is 0 Å². The zero-order valence-corrected chi connectivity index (χ0v) is 15.0. The van der Waals surface area contributed by atoms with Crippen LogP contribution >= 0.6 is 0 Å². The molecule has 0 fully saturated rings. The van der Waals surface area contributed by atoms with Gasteiger partial charge in [0.05, 0.1) is 0 Å². The van der Waals surface area contributed by atoms with E-state index in [0.29, 0.717) is 6.04 Å². The number of anilines is 2. The zero-order valence-electron chi connectivity index (χ0n) is 15.0. The van der Waals surface area contributed by atoms with Crippen LogP contribution in [0.3, 0.4) is 0 Å². The molecule has 0 radical (unpaired) electrons. The van der Waals surface area contributed by atoms with Gasteiger partial charge in [-0.2, -0.15) is 0 Å². The van der Waals surface area contributed by atoms with Crippen LogP contribution in [0.15, 0.2) is 60.7 Å². The molecule has 3 aromatic rings. The Morgan fingerprint density at radius 1 is 0.880 bits per heavy atom. The molecule has 0 saturated carbocycles. The van der Waals surface area contributed by atoms with E-state index in [2.05, 4.69) is 60.7 Å². The number of nitrogens with zero attached hydrogens (tertiary/aromatic N) is 2. The van der Waals surface area contributed by atoms with Crippen molar-refractivity contribution in [3.8, 4) is 11.4 Å². The summed E-state index contributed by atoms with van der Waals surface area (Å²) in [6.45, 7) is 7.06. The lowest BCUT2D eigenvalue weighted by molar-refractivity contribution is 0.887. The number of hydrogen-bond acceptors (Lipinski definition) is 4. The van der Waals surface area contributed by atoms with Gasteiger partial charge in [0.25, 0.3) is 0 Å². The summed E-state index contributed by atoms with van der Waals surface area (Å²) < 4.78 is 0. The number of aryl methyl sites for hydroxylation is 1. The highest BCUT2D eigenvalue weighted by Gasteiger charge is 2.08. The highest BCUT2D eigenvalue weighted by molar-refractivity contribution is 5.61. The first-order valence-corrected chi connectivity index (χ1v) is 8.61. The van der Waals surface area contributed by atoms with Crippen molar-refractivity contribution in [3.63, 3.8) is 0 Å². The summed E-state index contributed by atoms with van der Waals surface area (Å²) in [5, 5.41) is 6.81. The molecule has 0 amide bonds. The minimum atomic E-state index is 0.308. The number of nitrogens with one attached hydrogen (secondary N) is 2. The first-order valence-electron chi connectivity index (χ1n) is 8.61. The minimum Gasteiger partial charge on any atom is -0.368 e. The van der Waals surface area contributed by atoms with E-state index in [4.69, 9.17) is 4.98 Å². The van der Waals surface area contributed by atoms with E-state index in [1.54, 1.807) is 0 Å². The molecule has 4 heteroatoms. The summed E-state index contributed by atoms with van der Waals surface area (Å²) in [4.78, 5) is 9.35. The van der Waals surface area contributed by atoms with Crippen LogP contribution in [0.2, 0.25) is 0 Å². The fourth-order valence-electron chi connectivity index (χ4n) is 2.62. The van der Waals surface area contributed by atoms with Gasteiger partial charge in [0.1, 0.15) is 11.6 Å². The van der Waals surface area contributed by atoms with Crippen molar-refractivity contribution in [1.29, 1.82) is 0 Å². The number of benzene rings is 2. The summed E-state index contributed by atoms with van der Waals surface area (Å²) in [7, 11) is 0. The Hall–Kier alpha value is -2.88. The largest absolute Gasteiger partial charge is 0.368 e. The zero-order chi connectivity index (χ0) is 17.6. The molecule has 1 heterocycles. The van der Waals surface area contributed by atoms with Gasteiger partial charge < -0.3 is 10.6 Å². The second-order valence-electron chi connectivity index (χ2n) is 6.41. The summed E-state index contributed by atoms with van der Waals surface area (Å²) in [6, 6.07) is 20.7. The van der Waals surface area contributed by atoms with Gasteiger partial charge in [0, 0.05) is 24.2 Å². The van der Waals surface area contributed by atoms with Gasteiger partial charge in [0.15, 0.2) is 5.82 Å². The molecule has 2 aromatic carbocycles. The maximum Gasteiger partial charge on any atom is 0.163 e. The third kappa shape index (κ3) is 4.57. The van der Waals surface area contributed by atoms with Gasteiger partial charge >= 0.3 is 0 Å². The lowest BCUT2D eigenvalue weighted by Crippen LogP contribution is -2.13. The Labute approximate surface area is 149 Å². The van der Waals surface area contributed by atoms with Crippen molar-refractivity contribution in [2.75, 3.05) is 10.6 Å². The molecule has 0 atom stereocenters. The Kier molecular flexibility index (Phi) is 5.29. The fourth-order valence-corrected chi connectivity index (χ4v) is 2.62. The van der Waals surface area contributed by atoms with E-state index in [1.165, 1.54) is 11.1 Å². The standard InChI is InChI=1S/C21H24N4/c1-15(2)23-20-13-19(22-14-18-12-8-7-9-16(18)3)24-21(25-20)17-10-5-4-6-11-17/h4-13,15H,14H2,1-3H3,(H2,22,23,24,25). The molecular formula is C21H24N4. The first-order chi connectivity index (χ1) is 12.1. The summed E-state index contributed by atoms with van der Waals surface area (Å²) >= 11 is 0. The first kappa shape index (κ1) is 17.0. The van der Waals surface area contributed by atoms with Crippen molar-refractivity contribution in [1.82, 2.24) is 9.97 Å². The van der Waals surface area contributed by atoms with Crippen LogP contribution in [-0.2, 0) is 6.54 Å². The molecule has 128 valence electrons. The second-order valence-corrected chi connectivity index (χ2v) is 6.41. The average molecular weight is 332 g/mol. The van der Waals surface area contributed by atoms with E-state index in [9.17, 15) is 0 Å². The minimum absolute atomic E-state index is 0.308. The van der Waals surface area contributed by atoms with Crippen LogP contribution in [0.4, 0.5) is 11.6 Å². The van der Waals surface area contributed by atoms with E-state index in [0.717, 1.165) is 29.6 Å². The lowest BCUT2D eigenvalue weighted by Gasteiger charge is -2.14. The number of aromatic nitrogens is 2. The van der Waals surface area contributed by atoms with Crippen LogP contribution in [0.1, 0.15) is 25.0 Å². The molecule has 4 nitrogen and oxygen atoms in total. The van der Waals surface area contributed by atoms with Crippen LogP contribution in [0, 0.1) is 6.92 Å². The second kappa shape index (κ2) is 7.79. The molecule has 25 heavy (non-hydrogen) atoms. The van der Waals surface area contributed by atoms with Gasteiger partial charge in [-0.3, -0.25) is 0 Å². The monoisotopic (exact) mass is 332 g/mol. The molecule has 0 aliphatic heterocycles. The summed E-state index contributed by atoms with van der Waals surface area (Å²) in [5.74, 6) is 2.37. The molecule has 0 saturated heterocycles. The lowest BCUT2D eigenvalue weighted by atomic mass is 10.1. The van der Waals surface area contributed by atoms with Gasteiger partial charge in [-0.1, -0.05) is 54.6 Å². The molecule has 1 aromatic heterocycles. The quantitative estimate of drug-likeness (QED) is 0.675. The summed E-state index contributed by atoms with van der Waals surface area (Å²) in [6.07, 6.45) is 0. The molecule has 3 rings (SSSR count). The van der Waals surface area contributed by atoms with E-state index in [-0.39, 0.29) is 0 Å². The number of rotatable bonds is 6. The molecule has 0 unspecified atom stereocenters. The highest BCUT2D eigenvalue weighted by Crippen LogP contribution is 2.21. The molecule has 0 bridgehead atoms. The van der Waals surface area contributed by atoms with Crippen molar-refractivity contribution < 1.29 is 0 Å². The Balaban J connectivity index is 1.88. The maximum atomic E-state index is 4.69. The van der Waals surface area contributed by atoms with Crippen LogP contribution in [0.25, 0.3) is 11.4 Å². The fraction of sp³-hybridized carbons (Fsp3) is 0.238. The molecule has 0 aliphatic rings. The predicted molar refractivity (Wildman–Crippen MR) is 105 cm³/mol. The predicted octanol–water partition coefficient (Wildman–Crippen LogP) is 4.88.